The van der Waals surface area contributed by atoms with Gasteiger partial charge in [0, 0.05) is 0 Å². The lowest BCUT2D eigenvalue weighted by Crippen LogP contribution is -2.41. The van der Waals surface area contributed by atoms with Gasteiger partial charge in [0.25, 0.3) is 5.91 Å². The molecule has 0 bridgehead atoms. The number of rotatable bonds is 5. The summed E-state index contributed by atoms with van der Waals surface area (Å²) in [7, 11) is 0. The largest absolute Gasteiger partial charge is 0.320 e. The Kier molecular flexibility index (Phi) is 5.32. The van der Waals surface area contributed by atoms with Crippen molar-refractivity contribution in [3.8, 4) is 0 Å². The quantitative estimate of drug-likeness (QED) is 0.361. The van der Waals surface area contributed by atoms with Crippen molar-refractivity contribution in [3.05, 3.63) is 12.7 Å². The molecule has 70 valence electrons. The first-order valence-corrected chi connectivity index (χ1v) is 4.00. The van der Waals surface area contributed by atoms with Crippen LogP contribution in [0.25, 0.3) is 0 Å². The van der Waals surface area contributed by atoms with Crippen LogP contribution in [0.1, 0.15) is 19.8 Å². The van der Waals surface area contributed by atoms with Crippen molar-refractivity contribution in [2.24, 2.45) is 5.73 Å². The van der Waals surface area contributed by atoms with Crippen molar-refractivity contribution in [2.45, 2.75) is 25.8 Å². The third-order valence-corrected chi connectivity index (χ3v) is 1.47. The van der Waals surface area contributed by atoms with Crippen molar-refractivity contribution in [1.29, 1.82) is 0 Å². The molecule has 1 unspecified atom stereocenters. The standard InChI is InChI=1S/C8H16N2O2/c1-3-5-7(9)8(11)10(12)6-4-2/h4,7,12H,2-3,5-6,9H2,1H3. The summed E-state index contributed by atoms with van der Waals surface area (Å²) in [5.74, 6) is -0.447. The highest BCUT2D eigenvalue weighted by Crippen LogP contribution is 1.97. The van der Waals surface area contributed by atoms with Crippen LogP contribution in [-0.4, -0.2) is 28.8 Å². The summed E-state index contributed by atoms with van der Waals surface area (Å²) in [6, 6.07) is -0.597. The maximum Gasteiger partial charge on any atom is 0.263 e. The highest BCUT2D eigenvalue weighted by Gasteiger charge is 2.17. The monoisotopic (exact) mass is 172 g/mol. The maximum absolute atomic E-state index is 11.1. The molecule has 0 aromatic rings. The average molecular weight is 172 g/mol. The Labute approximate surface area is 72.6 Å². The Hall–Kier alpha value is -0.870. The SMILES string of the molecule is C=CCN(O)C(=O)C(N)CCC. The van der Waals surface area contributed by atoms with Crippen LogP contribution in [0.3, 0.4) is 0 Å². The highest BCUT2D eigenvalue weighted by atomic mass is 16.5. The molecule has 0 fully saturated rings. The van der Waals surface area contributed by atoms with Gasteiger partial charge in [0.15, 0.2) is 0 Å². The van der Waals surface area contributed by atoms with Crippen LogP contribution in [0.2, 0.25) is 0 Å². The fraction of sp³-hybridized carbons (Fsp3) is 0.625. The van der Waals surface area contributed by atoms with E-state index in [0.717, 1.165) is 6.42 Å². The molecule has 0 aliphatic heterocycles. The minimum Gasteiger partial charge on any atom is -0.320 e. The van der Waals surface area contributed by atoms with Gasteiger partial charge in [-0.1, -0.05) is 19.4 Å². The second-order valence-corrected chi connectivity index (χ2v) is 2.60. The van der Waals surface area contributed by atoms with Gasteiger partial charge in [-0.05, 0) is 6.42 Å². The summed E-state index contributed by atoms with van der Waals surface area (Å²) >= 11 is 0. The minimum atomic E-state index is -0.597. The van der Waals surface area contributed by atoms with Gasteiger partial charge in [0.2, 0.25) is 0 Å². The van der Waals surface area contributed by atoms with Gasteiger partial charge < -0.3 is 5.73 Å². The Bertz CT molecular complexity index is 159. The predicted molar refractivity (Wildman–Crippen MR) is 46.6 cm³/mol. The van der Waals surface area contributed by atoms with Crippen LogP contribution in [0, 0.1) is 0 Å². The molecule has 0 heterocycles. The van der Waals surface area contributed by atoms with E-state index >= 15 is 0 Å². The first kappa shape index (κ1) is 11.1. The highest BCUT2D eigenvalue weighted by molar-refractivity contribution is 5.80. The van der Waals surface area contributed by atoms with E-state index in [4.69, 9.17) is 10.9 Å². The lowest BCUT2D eigenvalue weighted by Gasteiger charge is -2.16. The van der Waals surface area contributed by atoms with Crippen molar-refractivity contribution in [3.63, 3.8) is 0 Å². The van der Waals surface area contributed by atoms with E-state index in [1.807, 2.05) is 6.92 Å². The van der Waals surface area contributed by atoms with Gasteiger partial charge >= 0.3 is 0 Å². The molecule has 0 aromatic carbocycles. The second kappa shape index (κ2) is 5.74. The molecule has 1 amide bonds. The molecule has 0 spiro atoms. The fourth-order valence-electron chi connectivity index (χ4n) is 0.838. The number of nitrogens with zero attached hydrogens (tertiary/aromatic N) is 1. The Morgan fingerprint density at radius 3 is 2.83 bits per heavy atom. The third kappa shape index (κ3) is 3.50. The smallest absolute Gasteiger partial charge is 0.263 e. The molecule has 4 nitrogen and oxygen atoms in total. The summed E-state index contributed by atoms with van der Waals surface area (Å²) in [4.78, 5) is 11.1. The van der Waals surface area contributed by atoms with Crippen LogP contribution in [0.5, 0.6) is 0 Å². The topological polar surface area (TPSA) is 66.6 Å². The number of carbonyl (C=O) groups excluding carboxylic acids is 1. The molecule has 0 saturated carbocycles. The van der Waals surface area contributed by atoms with E-state index in [9.17, 15) is 4.79 Å². The summed E-state index contributed by atoms with van der Waals surface area (Å²) in [6.45, 7) is 5.45. The number of hydrogen-bond acceptors (Lipinski definition) is 3. The number of hydroxylamine groups is 2. The van der Waals surface area contributed by atoms with Crippen LogP contribution < -0.4 is 5.73 Å². The fourth-order valence-corrected chi connectivity index (χ4v) is 0.838. The zero-order chi connectivity index (χ0) is 9.56. The number of nitrogens with two attached hydrogens (primary N) is 1. The summed E-state index contributed by atoms with van der Waals surface area (Å²) in [6.07, 6.45) is 2.86. The number of carbonyl (C=O) groups is 1. The molecule has 0 aromatic heterocycles. The van der Waals surface area contributed by atoms with Crippen molar-refractivity contribution < 1.29 is 10.0 Å². The molecule has 4 heteroatoms. The summed E-state index contributed by atoms with van der Waals surface area (Å²) < 4.78 is 0. The summed E-state index contributed by atoms with van der Waals surface area (Å²) in [5, 5.41) is 9.64. The van der Waals surface area contributed by atoms with Crippen molar-refractivity contribution in [1.82, 2.24) is 5.06 Å². The molecule has 0 saturated heterocycles. The Morgan fingerprint density at radius 2 is 2.42 bits per heavy atom. The molecule has 0 rings (SSSR count). The van der Waals surface area contributed by atoms with E-state index < -0.39 is 11.9 Å². The minimum absolute atomic E-state index is 0.121. The molecule has 0 aliphatic rings. The van der Waals surface area contributed by atoms with Crippen LogP contribution >= 0.6 is 0 Å². The molecular weight excluding hydrogens is 156 g/mol. The van der Waals surface area contributed by atoms with E-state index in [2.05, 4.69) is 6.58 Å². The molecule has 0 aliphatic carbocycles. The van der Waals surface area contributed by atoms with Crippen LogP contribution in [0.4, 0.5) is 0 Å². The van der Waals surface area contributed by atoms with Gasteiger partial charge in [-0.15, -0.1) is 6.58 Å². The molecule has 12 heavy (non-hydrogen) atoms. The molecular formula is C8H16N2O2. The number of hydrogen-bond donors (Lipinski definition) is 2. The maximum atomic E-state index is 11.1. The third-order valence-electron chi connectivity index (χ3n) is 1.47. The molecule has 3 N–H and O–H groups in total. The van der Waals surface area contributed by atoms with E-state index in [1.165, 1.54) is 6.08 Å². The zero-order valence-corrected chi connectivity index (χ0v) is 7.36. The average Bonchev–Trinajstić information content (AvgIpc) is 2.04. The van der Waals surface area contributed by atoms with Crippen LogP contribution in [-0.2, 0) is 4.79 Å². The van der Waals surface area contributed by atoms with Gasteiger partial charge in [0.1, 0.15) is 0 Å². The van der Waals surface area contributed by atoms with Gasteiger partial charge in [-0.3, -0.25) is 10.0 Å². The Morgan fingerprint density at radius 1 is 1.83 bits per heavy atom. The predicted octanol–water partition coefficient (Wildman–Crippen LogP) is 0.518. The zero-order valence-electron chi connectivity index (χ0n) is 7.36. The summed E-state index contributed by atoms with van der Waals surface area (Å²) in [5.41, 5.74) is 5.47. The van der Waals surface area contributed by atoms with Crippen molar-refractivity contribution in [2.75, 3.05) is 6.54 Å². The van der Waals surface area contributed by atoms with Crippen LogP contribution in [0.15, 0.2) is 12.7 Å². The first-order valence-electron chi connectivity index (χ1n) is 4.00. The normalized spacial score (nSPS) is 12.2. The van der Waals surface area contributed by atoms with E-state index in [0.29, 0.717) is 11.5 Å². The Balaban J connectivity index is 3.90. The van der Waals surface area contributed by atoms with Gasteiger partial charge in [-0.2, -0.15) is 0 Å². The lowest BCUT2D eigenvalue weighted by molar-refractivity contribution is -0.164. The van der Waals surface area contributed by atoms with Gasteiger partial charge in [0.05, 0.1) is 12.6 Å². The lowest BCUT2D eigenvalue weighted by atomic mass is 10.1. The van der Waals surface area contributed by atoms with Crippen molar-refractivity contribution >= 4 is 5.91 Å². The molecule has 0 radical (unpaired) electrons. The number of amides is 1. The molecule has 1 atom stereocenters. The second-order valence-electron chi connectivity index (χ2n) is 2.60. The van der Waals surface area contributed by atoms with E-state index in [-0.39, 0.29) is 6.54 Å². The van der Waals surface area contributed by atoms with Gasteiger partial charge in [-0.25, -0.2) is 5.06 Å². The van der Waals surface area contributed by atoms with E-state index in [1.54, 1.807) is 0 Å². The first-order chi connectivity index (χ1) is 5.63.